The molecule has 3 nitrogen and oxygen atoms in total. The normalized spacial score (nSPS) is 12.6. The van der Waals surface area contributed by atoms with Gasteiger partial charge in [0.05, 0.1) is 38.8 Å². The number of para-hydroxylation sites is 4. The molecule has 8 aromatic carbocycles. The molecule has 0 atom stereocenters. The summed E-state index contributed by atoms with van der Waals surface area (Å²) >= 11 is 0. The lowest BCUT2D eigenvalue weighted by molar-refractivity contribution is 0.590. The van der Waals surface area contributed by atoms with Gasteiger partial charge in [-0.25, -0.2) is 0 Å². The van der Waals surface area contributed by atoms with E-state index in [2.05, 4.69) is 231 Å². The minimum atomic E-state index is 0.0489. The van der Waals surface area contributed by atoms with Gasteiger partial charge in [-0.2, -0.15) is 0 Å². The van der Waals surface area contributed by atoms with Crippen molar-refractivity contribution in [3.05, 3.63) is 187 Å². The Hall–Kier alpha value is -6.84. The van der Waals surface area contributed by atoms with E-state index in [1.807, 2.05) is 0 Å². The topological polar surface area (TPSA) is 14.8 Å². The van der Waals surface area contributed by atoms with Crippen molar-refractivity contribution in [2.45, 2.75) is 52.4 Å². The first-order valence-corrected chi connectivity index (χ1v) is 20.9. The van der Waals surface area contributed by atoms with Gasteiger partial charge >= 0.3 is 0 Å². The molecule has 11 rings (SSSR count). The van der Waals surface area contributed by atoms with E-state index in [1.54, 1.807) is 0 Å². The minimum absolute atomic E-state index is 0.0489. The van der Waals surface area contributed by atoms with E-state index in [-0.39, 0.29) is 10.8 Å². The number of fused-ring (bicyclic) bond motifs is 9. The van der Waals surface area contributed by atoms with Crippen molar-refractivity contribution < 1.29 is 0 Å². The molecule has 0 aliphatic carbocycles. The van der Waals surface area contributed by atoms with Gasteiger partial charge in [0.25, 0.3) is 0 Å². The van der Waals surface area contributed by atoms with Crippen LogP contribution in [0.1, 0.15) is 52.7 Å². The molecule has 0 aliphatic heterocycles. The molecule has 286 valence electrons. The Bertz CT molecular complexity index is 3340. The molecule has 0 radical (unpaired) electrons. The average molecular weight is 762 g/mol. The van der Waals surface area contributed by atoms with E-state index >= 15 is 0 Å². The summed E-state index contributed by atoms with van der Waals surface area (Å²) in [5, 5.41) is 7.62. The molecule has 0 N–H and O–H groups in total. The molecule has 0 amide bonds. The van der Waals surface area contributed by atoms with Gasteiger partial charge in [0.2, 0.25) is 0 Å². The predicted octanol–water partition coefficient (Wildman–Crippen LogP) is 15.2. The smallest absolute Gasteiger partial charge is 0.0542 e. The van der Waals surface area contributed by atoms with Crippen molar-refractivity contribution in [2.24, 2.45) is 0 Å². The SMILES string of the molecule is CC(C)(C)c1ccc2c(c1)c1cc(C(C)(C)C)ccc1n2-c1cccc(-c2ccccc2-n2c3ccccc3c3cc(-n4c5ccccc5c5ccccc54)ccc32)c1. The summed E-state index contributed by atoms with van der Waals surface area (Å²) in [6.45, 7) is 13.8. The molecule has 59 heavy (non-hydrogen) atoms. The third kappa shape index (κ3) is 5.48. The van der Waals surface area contributed by atoms with Crippen molar-refractivity contribution in [3.63, 3.8) is 0 Å². The van der Waals surface area contributed by atoms with E-state index in [4.69, 9.17) is 0 Å². The van der Waals surface area contributed by atoms with Crippen LogP contribution in [0, 0.1) is 0 Å². The summed E-state index contributed by atoms with van der Waals surface area (Å²) in [5.74, 6) is 0. The van der Waals surface area contributed by atoms with Crippen LogP contribution in [0.4, 0.5) is 0 Å². The Morgan fingerprint density at radius 2 is 0.729 bits per heavy atom. The molecule has 0 aliphatic rings. The predicted molar refractivity (Wildman–Crippen MR) is 252 cm³/mol. The molecular formula is C56H47N3. The molecule has 0 saturated carbocycles. The zero-order chi connectivity index (χ0) is 40.2. The van der Waals surface area contributed by atoms with Crippen LogP contribution in [0.5, 0.6) is 0 Å². The second-order valence-electron chi connectivity index (χ2n) is 18.3. The molecule has 11 aromatic rings. The molecular weight excluding hydrogens is 715 g/mol. The summed E-state index contributed by atoms with van der Waals surface area (Å²) < 4.78 is 7.34. The Morgan fingerprint density at radius 3 is 1.31 bits per heavy atom. The van der Waals surface area contributed by atoms with Gasteiger partial charge in [-0.3, -0.25) is 0 Å². The zero-order valence-electron chi connectivity index (χ0n) is 34.6. The van der Waals surface area contributed by atoms with Crippen molar-refractivity contribution in [3.8, 4) is 28.2 Å². The number of nitrogens with zero attached hydrogens (tertiary/aromatic N) is 3. The molecule has 0 bridgehead atoms. The Balaban J connectivity index is 1.10. The monoisotopic (exact) mass is 761 g/mol. The zero-order valence-corrected chi connectivity index (χ0v) is 34.6. The quantitative estimate of drug-likeness (QED) is 0.170. The van der Waals surface area contributed by atoms with Gasteiger partial charge in [-0.05, 0) is 106 Å². The Labute approximate surface area is 345 Å². The van der Waals surface area contributed by atoms with Crippen molar-refractivity contribution in [1.82, 2.24) is 13.7 Å². The summed E-state index contributed by atoms with van der Waals surface area (Å²) in [7, 11) is 0. The van der Waals surface area contributed by atoms with Crippen LogP contribution in [0.2, 0.25) is 0 Å². The Morgan fingerprint density at radius 1 is 0.305 bits per heavy atom. The van der Waals surface area contributed by atoms with E-state index in [0.717, 1.165) is 17.1 Å². The fraction of sp³-hybridized carbons (Fsp3) is 0.143. The van der Waals surface area contributed by atoms with Crippen LogP contribution in [0.3, 0.4) is 0 Å². The van der Waals surface area contributed by atoms with Gasteiger partial charge in [0.15, 0.2) is 0 Å². The number of benzene rings is 8. The third-order valence-electron chi connectivity index (χ3n) is 12.6. The molecule has 3 heterocycles. The first-order valence-electron chi connectivity index (χ1n) is 20.9. The molecule has 3 aromatic heterocycles. The van der Waals surface area contributed by atoms with Crippen LogP contribution in [0.15, 0.2) is 176 Å². The van der Waals surface area contributed by atoms with Crippen molar-refractivity contribution >= 4 is 65.4 Å². The number of rotatable bonds is 4. The first kappa shape index (κ1) is 35.3. The number of hydrogen-bond acceptors (Lipinski definition) is 0. The van der Waals surface area contributed by atoms with Gasteiger partial charge < -0.3 is 13.7 Å². The van der Waals surface area contributed by atoms with Crippen LogP contribution < -0.4 is 0 Å². The number of aromatic nitrogens is 3. The fourth-order valence-corrected chi connectivity index (χ4v) is 9.52. The molecule has 0 spiro atoms. The van der Waals surface area contributed by atoms with Gasteiger partial charge in [0.1, 0.15) is 0 Å². The summed E-state index contributed by atoms with van der Waals surface area (Å²) in [6, 6.07) is 65.5. The maximum Gasteiger partial charge on any atom is 0.0542 e. The second kappa shape index (κ2) is 12.8. The van der Waals surface area contributed by atoms with Gasteiger partial charge in [-0.1, -0.05) is 139 Å². The molecule has 0 saturated heterocycles. The highest BCUT2D eigenvalue weighted by Gasteiger charge is 2.22. The summed E-state index contributed by atoms with van der Waals surface area (Å²) in [5.41, 5.74) is 15.9. The molecule has 3 heteroatoms. The molecule has 0 fully saturated rings. The second-order valence-corrected chi connectivity index (χ2v) is 18.3. The van der Waals surface area contributed by atoms with Crippen LogP contribution in [0.25, 0.3) is 93.6 Å². The highest BCUT2D eigenvalue weighted by atomic mass is 15.0. The average Bonchev–Trinajstić information content (AvgIpc) is 3.88. The van der Waals surface area contributed by atoms with Crippen molar-refractivity contribution in [2.75, 3.05) is 0 Å². The number of hydrogen-bond donors (Lipinski definition) is 0. The summed E-state index contributed by atoms with van der Waals surface area (Å²) in [6.07, 6.45) is 0. The van der Waals surface area contributed by atoms with E-state index < -0.39 is 0 Å². The minimum Gasteiger partial charge on any atom is -0.309 e. The van der Waals surface area contributed by atoms with E-state index in [9.17, 15) is 0 Å². The van der Waals surface area contributed by atoms with Crippen LogP contribution in [-0.4, -0.2) is 13.7 Å². The summed E-state index contributed by atoms with van der Waals surface area (Å²) in [4.78, 5) is 0. The van der Waals surface area contributed by atoms with Crippen molar-refractivity contribution in [1.29, 1.82) is 0 Å². The lowest BCUT2D eigenvalue weighted by Gasteiger charge is -2.19. The largest absolute Gasteiger partial charge is 0.309 e. The maximum atomic E-state index is 2.46. The van der Waals surface area contributed by atoms with E-state index in [0.29, 0.717) is 0 Å². The highest BCUT2D eigenvalue weighted by Crippen LogP contribution is 2.41. The van der Waals surface area contributed by atoms with E-state index in [1.165, 1.54) is 87.7 Å². The lowest BCUT2D eigenvalue weighted by Crippen LogP contribution is -2.10. The van der Waals surface area contributed by atoms with Gasteiger partial charge in [0, 0.05) is 49.3 Å². The lowest BCUT2D eigenvalue weighted by atomic mass is 9.85. The molecule has 0 unspecified atom stereocenters. The fourth-order valence-electron chi connectivity index (χ4n) is 9.52. The van der Waals surface area contributed by atoms with Gasteiger partial charge in [-0.15, -0.1) is 0 Å². The van der Waals surface area contributed by atoms with Crippen LogP contribution >= 0.6 is 0 Å². The maximum absolute atomic E-state index is 2.46. The Kier molecular flexibility index (Phi) is 7.68. The third-order valence-corrected chi connectivity index (χ3v) is 12.6. The highest BCUT2D eigenvalue weighted by molar-refractivity contribution is 6.13. The standard InChI is InChI=1S/C56H47N3/c1-55(2,3)37-26-29-52-45(33-37)46-34-38(56(4,5)6)27-30-53(46)57(52)39-17-15-16-36(32-39)41-18-7-11-22-48(41)59-51-25-14-10-21-44(51)47-35-40(28-31-54(47)59)58-49-23-12-8-19-42(49)43-20-9-13-24-50(43)58/h7-35H,1-6H3. The van der Waals surface area contributed by atoms with Crippen LogP contribution in [-0.2, 0) is 10.8 Å². The first-order chi connectivity index (χ1) is 28.5.